The van der Waals surface area contributed by atoms with E-state index in [1.54, 1.807) is 14.2 Å². The van der Waals surface area contributed by atoms with Crippen molar-refractivity contribution in [2.45, 2.75) is 46.1 Å². The third-order valence-electron chi connectivity index (χ3n) is 6.73. The molecule has 1 aliphatic rings. The lowest BCUT2D eigenvalue weighted by atomic mass is 9.79. The maximum Gasteiger partial charge on any atom is 0.203 e. The highest BCUT2D eigenvalue weighted by atomic mass is 16.5. The number of hydrogen-bond donors (Lipinski definition) is 0. The van der Waals surface area contributed by atoms with E-state index in [2.05, 4.69) is 67.9 Å². The molecule has 2 aromatic carbocycles. The summed E-state index contributed by atoms with van der Waals surface area (Å²) in [5, 5.41) is 0. The minimum Gasteiger partial charge on any atom is -0.493 e. The first kappa shape index (κ1) is 24.1. The number of ether oxygens (including phenoxy) is 3. The lowest BCUT2D eigenvalue weighted by Crippen LogP contribution is -2.29. The number of benzene rings is 2. The van der Waals surface area contributed by atoms with Crippen molar-refractivity contribution in [1.29, 1.82) is 0 Å². The highest BCUT2D eigenvalue weighted by Crippen LogP contribution is 2.38. The molecule has 0 unspecified atom stereocenters. The standard InChI is InChI=1S/C29H36N2O3/c1-20-16-23(17-21(2)30-20)22-10-11-25-24(18-22)19-31(13-12-29(25,3)4)14-15-34-28-26(32-5)8-7-9-27(28)33-6/h7-11,16-18H,12-15,19H2,1-6H3. The van der Waals surface area contributed by atoms with E-state index < -0.39 is 0 Å². The van der Waals surface area contributed by atoms with Crippen molar-refractivity contribution in [3.05, 3.63) is 71.0 Å². The highest BCUT2D eigenvalue weighted by molar-refractivity contribution is 5.66. The zero-order valence-electron chi connectivity index (χ0n) is 21.3. The number of fused-ring (bicyclic) bond motifs is 1. The Balaban J connectivity index is 1.54. The van der Waals surface area contributed by atoms with E-state index in [0.29, 0.717) is 23.9 Å². The van der Waals surface area contributed by atoms with Gasteiger partial charge in [0.05, 0.1) is 14.2 Å². The van der Waals surface area contributed by atoms with Crippen molar-refractivity contribution >= 4 is 0 Å². The Hall–Kier alpha value is -3.05. The van der Waals surface area contributed by atoms with Crippen LogP contribution < -0.4 is 14.2 Å². The summed E-state index contributed by atoms with van der Waals surface area (Å²) in [5.41, 5.74) is 7.54. The van der Waals surface area contributed by atoms with Gasteiger partial charge in [0, 0.05) is 24.5 Å². The summed E-state index contributed by atoms with van der Waals surface area (Å²) in [5.74, 6) is 2.04. The summed E-state index contributed by atoms with van der Waals surface area (Å²) in [7, 11) is 3.30. The molecule has 4 rings (SSSR count). The van der Waals surface area contributed by atoms with Crippen LogP contribution in [0.4, 0.5) is 0 Å². The van der Waals surface area contributed by atoms with Gasteiger partial charge in [0.2, 0.25) is 5.75 Å². The monoisotopic (exact) mass is 460 g/mol. The van der Waals surface area contributed by atoms with Crippen LogP contribution in [0.5, 0.6) is 17.2 Å². The fourth-order valence-electron chi connectivity index (χ4n) is 4.88. The van der Waals surface area contributed by atoms with E-state index in [0.717, 1.165) is 37.4 Å². The predicted molar refractivity (Wildman–Crippen MR) is 137 cm³/mol. The van der Waals surface area contributed by atoms with Crippen LogP contribution in [0, 0.1) is 13.8 Å². The smallest absolute Gasteiger partial charge is 0.203 e. The predicted octanol–water partition coefficient (Wildman–Crippen LogP) is 5.94. The first-order valence-electron chi connectivity index (χ1n) is 12.0. The minimum absolute atomic E-state index is 0.124. The summed E-state index contributed by atoms with van der Waals surface area (Å²) >= 11 is 0. The normalized spacial score (nSPS) is 15.4. The molecule has 0 amide bonds. The molecular formula is C29H36N2O3. The van der Waals surface area contributed by atoms with Gasteiger partial charge in [-0.1, -0.05) is 32.0 Å². The fraction of sp³-hybridized carbons (Fsp3) is 0.414. The summed E-state index contributed by atoms with van der Waals surface area (Å²) < 4.78 is 17.1. The van der Waals surface area contributed by atoms with Crippen LogP contribution in [-0.2, 0) is 12.0 Å². The Kier molecular flexibility index (Phi) is 7.13. The molecule has 0 spiro atoms. The van der Waals surface area contributed by atoms with E-state index in [1.165, 1.54) is 22.3 Å². The van der Waals surface area contributed by atoms with Crippen molar-refractivity contribution in [3.63, 3.8) is 0 Å². The van der Waals surface area contributed by atoms with Gasteiger partial charge in [-0.15, -0.1) is 0 Å². The van der Waals surface area contributed by atoms with Crippen molar-refractivity contribution in [3.8, 4) is 28.4 Å². The molecule has 180 valence electrons. The highest BCUT2D eigenvalue weighted by Gasteiger charge is 2.29. The third-order valence-corrected chi connectivity index (χ3v) is 6.73. The van der Waals surface area contributed by atoms with Crippen molar-refractivity contribution < 1.29 is 14.2 Å². The largest absolute Gasteiger partial charge is 0.493 e. The Labute approximate surface area is 203 Å². The van der Waals surface area contributed by atoms with Gasteiger partial charge >= 0.3 is 0 Å². The van der Waals surface area contributed by atoms with Crippen LogP contribution in [0.1, 0.15) is 42.8 Å². The summed E-state index contributed by atoms with van der Waals surface area (Å²) in [4.78, 5) is 7.03. The van der Waals surface area contributed by atoms with Crippen molar-refractivity contribution in [2.75, 3.05) is 33.9 Å². The van der Waals surface area contributed by atoms with Gasteiger partial charge in [0.25, 0.3) is 0 Å². The molecule has 0 fully saturated rings. The number of methoxy groups -OCH3 is 2. The minimum atomic E-state index is 0.124. The number of para-hydroxylation sites is 1. The summed E-state index contributed by atoms with van der Waals surface area (Å²) in [6.45, 7) is 12.1. The Bertz CT molecular complexity index is 1110. The van der Waals surface area contributed by atoms with Crippen LogP contribution in [0.25, 0.3) is 11.1 Å². The number of hydrogen-bond acceptors (Lipinski definition) is 5. The van der Waals surface area contributed by atoms with Gasteiger partial charge in [-0.3, -0.25) is 9.88 Å². The Morgan fingerprint density at radius 1 is 0.912 bits per heavy atom. The molecule has 5 nitrogen and oxygen atoms in total. The van der Waals surface area contributed by atoms with Gasteiger partial charge < -0.3 is 14.2 Å². The molecule has 0 radical (unpaired) electrons. The first-order chi connectivity index (χ1) is 16.3. The maximum atomic E-state index is 6.15. The molecule has 0 aliphatic carbocycles. The average Bonchev–Trinajstić information content (AvgIpc) is 2.93. The van der Waals surface area contributed by atoms with E-state index in [1.807, 2.05) is 18.2 Å². The second-order valence-electron chi connectivity index (χ2n) is 9.76. The summed E-state index contributed by atoms with van der Waals surface area (Å²) in [6.07, 6.45) is 1.10. The van der Waals surface area contributed by atoms with Gasteiger partial charge in [-0.05, 0) is 84.8 Å². The molecule has 0 atom stereocenters. The van der Waals surface area contributed by atoms with Gasteiger partial charge in [0.1, 0.15) is 6.61 Å². The van der Waals surface area contributed by atoms with Crippen molar-refractivity contribution in [2.24, 2.45) is 0 Å². The molecule has 0 bridgehead atoms. The Morgan fingerprint density at radius 3 is 2.24 bits per heavy atom. The number of nitrogens with zero attached hydrogens (tertiary/aromatic N) is 2. The molecule has 0 saturated carbocycles. The molecule has 0 N–H and O–H groups in total. The molecule has 34 heavy (non-hydrogen) atoms. The lowest BCUT2D eigenvalue weighted by molar-refractivity contribution is 0.190. The molecule has 2 heterocycles. The second kappa shape index (κ2) is 10.1. The second-order valence-corrected chi connectivity index (χ2v) is 9.76. The van der Waals surface area contributed by atoms with Gasteiger partial charge in [-0.25, -0.2) is 0 Å². The molecule has 0 saturated heterocycles. The van der Waals surface area contributed by atoms with Crippen molar-refractivity contribution in [1.82, 2.24) is 9.88 Å². The lowest BCUT2D eigenvalue weighted by Gasteiger charge is -2.25. The van der Waals surface area contributed by atoms with Crippen LogP contribution >= 0.6 is 0 Å². The molecule has 1 aliphatic heterocycles. The number of aryl methyl sites for hydroxylation is 2. The van der Waals surface area contributed by atoms with Crippen LogP contribution in [0.3, 0.4) is 0 Å². The van der Waals surface area contributed by atoms with Crippen LogP contribution in [0.15, 0.2) is 48.5 Å². The van der Waals surface area contributed by atoms with E-state index in [-0.39, 0.29) is 5.41 Å². The maximum absolute atomic E-state index is 6.15. The average molecular weight is 461 g/mol. The fourth-order valence-corrected chi connectivity index (χ4v) is 4.88. The van der Waals surface area contributed by atoms with Crippen LogP contribution in [-0.4, -0.2) is 43.8 Å². The van der Waals surface area contributed by atoms with E-state index >= 15 is 0 Å². The van der Waals surface area contributed by atoms with Crippen LogP contribution in [0.2, 0.25) is 0 Å². The summed E-state index contributed by atoms with van der Waals surface area (Å²) in [6, 6.07) is 17.0. The molecule has 5 heteroatoms. The zero-order valence-corrected chi connectivity index (χ0v) is 21.3. The van der Waals surface area contributed by atoms with E-state index in [9.17, 15) is 0 Å². The number of pyridine rings is 1. The molecular weight excluding hydrogens is 424 g/mol. The van der Waals surface area contributed by atoms with Gasteiger partial charge in [0.15, 0.2) is 11.5 Å². The Morgan fingerprint density at radius 2 is 1.59 bits per heavy atom. The SMILES string of the molecule is COc1cccc(OC)c1OCCN1CCC(C)(C)c2ccc(-c3cc(C)nc(C)c3)cc2C1. The topological polar surface area (TPSA) is 43.8 Å². The van der Waals surface area contributed by atoms with Gasteiger partial charge in [-0.2, -0.15) is 0 Å². The first-order valence-corrected chi connectivity index (χ1v) is 12.0. The van der Waals surface area contributed by atoms with E-state index in [4.69, 9.17) is 14.2 Å². The zero-order chi connectivity index (χ0) is 24.3. The molecule has 1 aromatic heterocycles. The molecule has 3 aromatic rings. The number of aromatic nitrogens is 1. The number of rotatable bonds is 7. The quantitative estimate of drug-likeness (QED) is 0.436. The third kappa shape index (κ3) is 5.20.